The van der Waals surface area contributed by atoms with Gasteiger partial charge in [0, 0.05) is 44.8 Å². The molecule has 5 nitrogen and oxygen atoms in total. The maximum Gasteiger partial charge on any atom is 0.119 e. The molecule has 0 atom stereocenters. The molecule has 5 heteroatoms. The number of aldehydes is 1. The molecule has 1 heterocycles. The van der Waals surface area contributed by atoms with Gasteiger partial charge in [0.05, 0.1) is 6.10 Å². The maximum absolute atomic E-state index is 10.1. The summed E-state index contributed by atoms with van der Waals surface area (Å²) in [6.07, 6.45) is 13.4. The SMILES string of the molecule is C=C/C=C(\C=C)NCCCCCCC=O.CN(C)CCN1CCC(O)CC1. The molecule has 0 bridgehead atoms. The van der Waals surface area contributed by atoms with Gasteiger partial charge in [0.2, 0.25) is 0 Å². The van der Waals surface area contributed by atoms with Crippen molar-refractivity contribution >= 4 is 6.29 Å². The van der Waals surface area contributed by atoms with Crippen molar-refractivity contribution in [2.24, 2.45) is 0 Å². The summed E-state index contributed by atoms with van der Waals surface area (Å²) in [6, 6.07) is 0. The predicted molar refractivity (Wildman–Crippen MR) is 116 cm³/mol. The third-order valence-electron chi connectivity index (χ3n) is 4.52. The molecule has 0 aliphatic carbocycles. The summed E-state index contributed by atoms with van der Waals surface area (Å²) >= 11 is 0. The lowest BCUT2D eigenvalue weighted by Gasteiger charge is -2.30. The zero-order valence-electron chi connectivity index (χ0n) is 17.5. The van der Waals surface area contributed by atoms with E-state index >= 15 is 0 Å². The molecular formula is C22H41N3O2. The van der Waals surface area contributed by atoms with Crippen LogP contribution in [0.1, 0.15) is 44.9 Å². The van der Waals surface area contributed by atoms with Crippen LogP contribution < -0.4 is 5.32 Å². The molecule has 0 aromatic rings. The molecule has 0 spiro atoms. The van der Waals surface area contributed by atoms with Gasteiger partial charge >= 0.3 is 0 Å². The molecule has 0 radical (unpaired) electrons. The number of nitrogens with one attached hydrogen (secondary N) is 1. The molecule has 156 valence electrons. The quantitative estimate of drug-likeness (QED) is 0.293. The van der Waals surface area contributed by atoms with Crippen molar-refractivity contribution < 1.29 is 9.90 Å². The number of aliphatic hydroxyl groups excluding tert-OH is 1. The number of nitrogens with zero attached hydrogens (tertiary/aromatic N) is 2. The number of hydrogen-bond donors (Lipinski definition) is 2. The van der Waals surface area contributed by atoms with E-state index in [1.807, 2.05) is 6.08 Å². The van der Waals surface area contributed by atoms with Crippen molar-refractivity contribution in [1.82, 2.24) is 15.1 Å². The van der Waals surface area contributed by atoms with E-state index in [0.717, 1.165) is 76.8 Å². The second-order valence-corrected chi connectivity index (χ2v) is 7.23. The van der Waals surface area contributed by atoms with E-state index < -0.39 is 0 Å². The van der Waals surface area contributed by atoms with Gasteiger partial charge in [0.25, 0.3) is 0 Å². The summed E-state index contributed by atoms with van der Waals surface area (Å²) in [5.41, 5.74) is 1.01. The highest BCUT2D eigenvalue weighted by molar-refractivity contribution is 5.48. The Kier molecular flexibility index (Phi) is 17.0. The number of rotatable bonds is 13. The number of likely N-dealkylation sites (N-methyl/N-ethyl adjacent to an activating group) is 1. The number of carbonyl (C=O) groups excluding carboxylic acids is 1. The van der Waals surface area contributed by atoms with Crippen LogP contribution in [0, 0.1) is 0 Å². The number of aliphatic hydroxyl groups is 1. The molecule has 0 aromatic carbocycles. The molecule has 0 aromatic heterocycles. The van der Waals surface area contributed by atoms with Gasteiger partial charge in [-0.15, -0.1) is 0 Å². The van der Waals surface area contributed by atoms with Gasteiger partial charge in [-0.2, -0.15) is 0 Å². The molecule has 0 amide bonds. The van der Waals surface area contributed by atoms with E-state index in [-0.39, 0.29) is 6.10 Å². The van der Waals surface area contributed by atoms with Crippen LogP contribution >= 0.6 is 0 Å². The van der Waals surface area contributed by atoms with Gasteiger partial charge in [0.1, 0.15) is 6.29 Å². The minimum atomic E-state index is -0.0411. The molecule has 0 saturated carbocycles. The highest BCUT2D eigenvalue weighted by atomic mass is 16.3. The van der Waals surface area contributed by atoms with Crippen molar-refractivity contribution in [3.05, 3.63) is 37.1 Å². The van der Waals surface area contributed by atoms with Crippen LogP contribution in [0.25, 0.3) is 0 Å². The Hall–Kier alpha value is -1.43. The van der Waals surface area contributed by atoms with Crippen LogP contribution in [-0.2, 0) is 4.79 Å². The lowest BCUT2D eigenvalue weighted by molar-refractivity contribution is -0.107. The van der Waals surface area contributed by atoms with Gasteiger partial charge in [-0.25, -0.2) is 0 Å². The Bertz CT molecular complexity index is 414. The van der Waals surface area contributed by atoms with Gasteiger partial charge in [-0.1, -0.05) is 32.1 Å². The Labute approximate surface area is 166 Å². The smallest absolute Gasteiger partial charge is 0.119 e. The summed E-state index contributed by atoms with van der Waals surface area (Å²) in [4.78, 5) is 14.7. The number of allylic oxidation sites excluding steroid dienone is 3. The molecule has 0 unspecified atom stereocenters. The zero-order chi connectivity index (χ0) is 20.3. The van der Waals surface area contributed by atoms with E-state index in [1.165, 1.54) is 6.42 Å². The first-order chi connectivity index (χ1) is 13.0. The van der Waals surface area contributed by atoms with Crippen molar-refractivity contribution in [1.29, 1.82) is 0 Å². The number of carbonyl (C=O) groups is 1. The third kappa shape index (κ3) is 16.5. The zero-order valence-corrected chi connectivity index (χ0v) is 17.5. The second-order valence-electron chi connectivity index (χ2n) is 7.23. The first-order valence-corrected chi connectivity index (χ1v) is 10.2. The average molecular weight is 380 g/mol. The van der Waals surface area contributed by atoms with E-state index in [0.29, 0.717) is 6.42 Å². The number of likely N-dealkylation sites (tertiary alicyclic amines) is 1. The normalized spacial score (nSPS) is 15.8. The van der Waals surface area contributed by atoms with Gasteiger partial charge in [0.15, 0.2) is 0 Å². The van der Waals surface area contributed by atoms with Crippen molar-refractivity contribution in [2.45, 2.75) is 51.0 Å². The number of piperidine rings is 1. The summed E-state index contributed by atoms with van der Waals surface area (Å²) in [5.74, 6) is 0. The third-order valence-corrected chi connectivity index (χ3v) is 4.52. The summed E-state index contributed by atoms with van der Waals surface area (Å²) in [5, 5.41) is 12.5. The Morgan fingerprint density at radius 1 is 1.19 bits per heavy atom. The van der Waals surface area contributed by atoms with Crippen LogP contribution in [0.15, 0.2) is 37.1 Å². The molecule has 1 fully saturated rings. The van der Waals surface area contributed by atoms with Crippen LogP contribution in [0.3, 0.4) is 0 Å². The standard InChI is InChI=1S/C13H21NO.C9H20N2O/c1-3-10-13(4-2)14-11-8-6-5-7-9-12-15;1-10(2)7-8-11-5-3-9(12)4-6-11/h3-4,10,12,14H,1-2,5-9,11H2;9,12H,3-8H2,1-2H3/b13-10+;. The topological polar surface area (TPSA) is 55.8 Å². The van der Waals surface area contributed by atoms with Crippen molar-refractivity contribution in [2.75, 3.05) is 46.8 Å². The first-order valence-electron chi connectivity index (χ1n) is 10.2. The number of hydrogen-bond acceptors (Lipinski definition) is 5. The van der Waals surface area contributed by atoms with Crippen LogP contribution in [0.5, 0.6) is 0 Å². The fraction of sp³-hybridized carbons (Fsp3) is 0.682. The highest BCUT2D eigenvalue weighted by Gasteiger charge is 2.16. The highest BCUT2D eigenvalue weighted by Crippen LogP contribution is 2.08. The van der Waals surface area contributed by atoms with E-state index in [4.69, 9.17) is 0 Å². The van der Waals surface area contributed by atoms with Crippen molar-refractivity contribution in [3.63, 3.8) is 0 Å². The van der Waals surface area contributed by atoms with Gasteiger partial charge in [-0.05, 0) is 51.9 Å². The van der Waals surface area contributed by atoms with Crippen LogP contribution in [0.4, 0.5) is 0 Å². The van der Waals surface area contributed by atoms with E-state index in [2.05, 4.69) is 42.4 Å². The Morgan fingerprint density at radius 2 is 1.85 bits per heavy atom. The summed E-state index contributed by atoms with van der Waals surface area (Å²) in [7, 11) is 4.19. The predicted octanol–water partition coefficient (Wildman–Crippen LogP) is 2.99. The lowest BCUT2D eigenvalue weighted by Crippen LogP contribution is -2.39. The molecule has 27 heavy (non-hydrogen) atoms. The summed E-state index contributed by atoms with van der Waals surface area (Å²) in [6.45, 7) is 12.7. The number of unbranched alkanes of at least 4 members (excludes halogenated alkanes) is 4. The van der Waals surface area contributed by atoms with Crippen LogP contribution in [0.2, 0.25) is 0 Å². The van der Waals surface area contributed by atoms with Gasteiger partial charge < -0.3 is 25.0 Å². The average Bonchev–Trinajstić information content (AvgIpc) is 2.66. The van der Waals surface area contributed by atoms with Crippen molar-refractivity contribution in [3.8, 4) is 0 Å². The van der Waals surface area contributed by atoms with E-state index in [9.17, 15) is 9.90 Å². The lowest BCUT2D eigenvalue weighted by atomic mass is 10.1. The largest absolute Gasteiger partial charge is 0.393 e. The maximum atomic E-state index is 10.1. The fourth-order valence-electron chi connectivity index (χ4n) is 2.75. The summed E-state index contributed by atoms with van der Waals surface area (Å²) < 4.78 is 0. The monoisotopic (exact) mass is 379 g/mol. The molecule has 1 aliphatic heterocycles. The Morgan fingerprint density at radius 3 is 2.41 bits per heavy atom. The first kappa shape index (κ1) is 25.6. The molecule has 1 saturated heterocycles. The molecule has 2 N–H and O–H groups in total. The minimum absolute atomic E-state index is 0.0411. The molecular weight excluding hydrogens is 338 g/mol. The van der Waals surface area contributed by atoms with E-state index in [1.54, 1.807) is 12.2 Å². The van der Waals surface area contributed by atoms with Gasteiger partial charge in [-0.3, -0.25) is 0 Å². The van der Waals surface area contributed by atoms with Crippen LogP contribution in [-0.4, -0.2) is 74.1 Å². The Balaban J connectivity index is 0.000000511. The molecule has 1 rings (SSSR count). The second kappa shape index (κ2) is 18.0. The fourth-order valence-corrected chi connectivity index (χ4v) is 2.75. The molecule has 1 aliphatic rings. The minimum Gasteiger partial charge on any atom is -0.393 e.